The number of thiazole rings is 1. The van der Waals surface area contributed by atoms with Crippen LogP contribution in [0.4, 0.5) is 5.69 Å². The van der Waals surface area contributed by atoms with E-state index < -0.39 is 0 Å². The molecule has 6 nitrogen and oxygen atoms in total. The summed E-state index contributed by atoms with van der Waals surface area (Å²) >= 11 is 1.42. The van der Waals surface area contributed by atoms with Crippen LogP contribution < -0.4 is 14.4 Å². The molecule has 0 saturated carbocycles. The fourth-order valence-corrected chi connectivity index (χ4v) is 4.80. The van der Waals surface area contributed by atoms with Crippen molar-refractivity contribution in [2.75, 3.05) is 25.7 Å². The zero-order valence-corrected chi connectivity index (χ0v) is 18.8. The molecule has 0 saturated heterocycles. The van der Waals surface area contributed by atoms with E-state index in [-0.39, 0.29) is 18.1 Å². The number of para-hydroxylation sites is 1. The zero-order chi connectivity index (χ0) is 22.1. The molecule has 0 bridgehead atoms. The van der Waals surface area contributed by atoms with Crippen LogP contribution in [0, 0.1) is 12.3 Å². The van der Waals surface area contributed by atoms with E-state index in [0.717, 1.165) is 34.5 Å². The highest BCUT2D eigenvalue weighted by Gasteiger charge is 2.32. The number of ether oxygens (including phenoxy) is 2. The van der Waals surface area contributed by atoms with Gasteiger partial charge in [-0.1, -0.05) is 25.1 Å². The van der Waals surface area contributed by atoms with Gasteiger partial charge in [0.1, 0.15) is 16.6 Å². The maximum atomic E-state index is 10.8. The Hall–Kier alpha value is -3.32. The third-order valence-electron chi connectivity index (χ3n) is 5.47. The van der Waals surface area contributed by atoms with Crippen LogP contribution in [0.3, 0.4) is 0 Å². The second kappa shape index (κ2) is 8.43. The van der Waals surface area contributed by atoms with Crippen LogP contribution in [0.25, 0.3) is 16.8 Å². The van der Waals surface area contributed by atoms with Crippen LogP contribution in [-0.2, 0) is 6.42 Å². The Morgan fingerprint density at radius 3 is 2.65 bits per heavy atom. The Morgan fingerprint density at radius 1 is 1.16 bits per heavy atom. The molecule has 0 aliphatic carbocycles. The summed E-state index contributed by atoms with van der Waals surface area (Å²) in [5, 5.41) is 22.1. The van der Waals surface area contributed by atoms with Gasteiger partial charge < -0.3 is 19.5 Å². The van der Waals surface area contributed by atoms with E-state index in [1.807, 2.05) is 47.5 Å². The number of aryl methyl sites for hydroxylation is 2. The third kappa shape index (κ3) is 3.65. The lowest BCUT2D eigenvalue weighted by Crippen LogP contribution is -2.28. The van der Waals surface area contributed by atoms with Crippen molar-refractivity contribution in [2.45, 2.75) is 20.3 Å². The number of hydrogen-bond donors (Lipinski definition) is 2. The summed E-state index contributed by atoms with van der Waals surface area (Å²) in [7, 11) is 3.20. The molecule has 2 heterocycles. The van der Waals surface area contributed by atoms with Gasteiger partial charge in [-0.25, -0.2) is 4.98 Å². The molecular formula is C24H25N3O3S. The fourth-order valence-electron chi connectivity index (χ4n) is 3.90. The number of rotatable bonds is 6. The van der Waals surface area contributed by atoms with Gasteiger partial charge in [-0.15, -0.1) is 11.3 Å². The van der Waals surface area contributed by atoms with Crippen LogP contribution in [0.2, 0.25) is 0 Å². The zero-order valence-electron chi connectivity index (χ0n) is 18.0. The van der Waals surface area contributed by atoms with Crippen LogP contribution in [0.15, 0.2) is 47.5 Å². The maximum Gasteiger partial charge on any atom is 0.161 e. The topological polar surface area (TPSA) is 78.7 Å². The number of nitrogens with zero attached hydrogens (tertiary/aromatic N) is 2. The van der Waals surface area contributed by atoms with Crippen molar-refractivity contribution in [3.05, 3.63) is 63.7 Å². The van der Waals surface area contributed by atoms with Crippen LogP contribution in [-0.4, -0.2) is 36.7 Å². The number of aliphatic hydroxyl groups is 1. The first-order chi connectivity index (χ1) is 15.0. The Labute approximate surface area is 185 Å². The normalized spacial score (nSPS) is 13.8. The van der Waals surface area contributed by atoms with Gasteiger partial charge in [0.05, 0.1) is 32.0 Å². The molecule has 0 unspecified atom stereocenters. The minimum Gasteiger partial charge on any atom is -0.510 e. The molecular weight excluding hydrogens is 410 g/mol. The standard InChI is InChI=1S/C24H25N3O3S/c1-5-15-8-6-7-14(2)22(15)27-12-18(28)21(23(27)25)24-26-17(13-31-24)16-9-10-19(29-3)20(11-16)30-4/h6-11,13,25,28H,5,12H2,1-4H3. The smallest absolute Gasteiger partial charge is 0.161 e. The lowest BCUT2D eigenvalue weighted by atomic mass is 10.0. The molecule has 0 amide bonds. The van der Waals surface area contributed by atoms with E-state index in [2.05, 4.69) is 13.0 Å². The first kappa shape index (κ1) is 20.9. The summed E-state index contributed by atoms with van der Waals surface area (Å²) in [5.41, 5.74) is 5.37. The van der Waals surface area contributed by atoms with Gasteiger partial charge in [-0.3, -0.25) is 5.41 Å². The highest BCUT2D eigenvalue weighted by molar-refractivity contribution is 7.11. The molecule has 4 rings (SSSR count). The highest BCUT2D eigenvalue weighted by atomic mass is 32.1. The average Bonchev–Trinajstić information content (AvgIpc) is 3.37. The Balaban J connectivity index is 1.67. The third-order valence-corrected chi connectivity index (χ3v) is 6.33. The van der Waals surface area contributed by atoms with E-state index in [9.17, 15) is 5.11 Å². The van der Waals surface area contributed by atoms with E-state index in [4.69, 9.17) is 19.9 Å². The quantitative estimate of drug-likeness (QED) is 0.537. The van der Waals surface area contributed by atoms with Crippen molar-refractivity contribution in [3.8, 4) is 22.8 Å². The number of methoxy groups -OCH3 is 2. The summed E-state index contributed by atoms with van der Waals surface area (Å²) in [4.78, 5) is 6.60. The molecule has 1 aliphatic rings. The monoisotopic (exact) mass is 435 g/mol. The second-order valence-corrected chi connectivity index (χ2v) is 8.16. The molecule has 2 aromatic carbocycles. The number of anilines is 1. The van der Waals surface area contributed by atoms with Crippen molar-refractivity contribution in [2.24, 2.45) is 0 Å². The second-order valence-electron chi connectivity index (χ2n) is 7.30. The van der Waals surface area contributed by atoms with Crippen LogP contribution in [0.1, 0.15) is 23.1 Å². The Kier molecular flexibility index (Phi) is 5.69. The molecule has 160 valence electrons. The Morgan fingerprint density at radius 2 is 1.94 bits per heavy atom. The molecule has 0 atom stereocenters. The van der Waals surface area contributed by atoms with Gasteiger partial charge in [-0.2, -0.15) is 0 Å². The first-order valence-electron chi connectivity index (χ1n) is 10.0. The van der Waals surface area contributed by atoms with Gasteiger partial charge >= 0.3 is 0 Å². The molecule has 3 aromatic rings. The number of hydrogen-bond acceptors (Lipinski definition) is 6. The largest absolute Gasteiger partial charge is 0.510 e. The lowest BCUT2D eigenvalue weighted by molar-refractivity contribution is 0.355. The van der Waals surface area contributed by atoms with E-state index in [1.165, 1.54) is 11.3 Å². The summed E-state index contributed by atoms with van der Waals surface area (Å²) < 4.78 is 10.7. The van der Waals surface area contributed by atoms with Crippen LogP contribution in [0.5, 0.6) is 11.5 Å². The van der Waals surface area contributed by atoms with Gasteiger partial charge in [0.2, 0.25) is 0 Å². The number of aliphatic hydroxyl groups excluding tert-OH is 1. The van der Waals surface area contributed by atoms with Crippen LogP contribution >= 0.6 is 11.3 Å². The molecule has 31 heavy (non-hydrogen) atoms. The van der Waals surface area contributed by atoms with Gasteiger partial charge in [0.15, 0.2) is 11.5 Å². The SMILES string of the molecule is CCc1cccc(C)c1N1CC(O)=C(c2nc(-c3ccc(OC)c(OC)c3)cs2)C1=N. The average molecular weight is 436 g/mol. The summed E-state index contributed by atoms with van der Waals surface area (Å²) in [6.07, 6.45) is 0.859. The van der Waals surface area contributed by atoms with Gasteiger partial charge in [0, 0.05) is 16.6 Å². The minimum absolute atomic E-state index is 0.170. The maximum absolute atomic E-state index is 10.8. The van der Waals surface area contributed by atoms with E-state index >= 15 is 0 Å². The fraction of sp³-hybridized carbons (Fsp3) is 0.250. The molecule has 7 heteroatoms. The predicted octanol–water partition coefficient (Wildman–Crippen LogP) is 5.46. The summed E-state index contributed by atoms with van der Waals surface area (Å²) in [5.74, 6) is 1.72. The van der Waals surface area contributed by atoms with Crippen molar-refractivity contribution >= 4 is 28.4 Å². The summed E-state index contributed by atoms with van der Waals surface area (Å²) in [6.45, 7) is 4.41. The summed E-state index contributed by atoms with van der Waals surface area (Å²) in [6, 6.07) is 11.8. The van der Waals surface area contributed by atoms with Gasteiger partial charge in [-0.05, 0) is 42.7 Å². The van der Waals surface area contributed by atoms with Crippen molar-refractivity contribution in [1.82, 2.24) is 4.98 Å². The van der Waals surface area contributed by atoms with E-state index in [1.54, 1.807) is 14.2 Å². The molecule has 0 radical (unpaired) electrons. The molecule has 0 spiro atoms. The molecule has 0 fully saturated rings. The predicted molar refractivity (Wildman–Crippen MR) is 126 cm³/mol. The Bertz CT molecular complexity index is 1180. The van der Waals surface area contributed by atoms with E-state index in [0.29, 0.717) is 22.1 Å². The minimum atomic E-state index is 0.170. The number of aromatic nitrogens is 1. The number of benzene rings is 2. The van der Waals surface area contributed by atoms with Crippen molar-refractivity contribution in [3.63, 3.8) is 0 Å². The molecule has 1 aromatic heterocycles. The lowest BCUT2D eigenvalue weighted by Gasteiger charge is -2.24. The van der Waals surface area contributed by atoms with Crippen molar-refractivity contribution < 1.29 is 14.6 Å². The number of nitrogens with one attached hydrogen (secondary N) is 1. The number of amidine groups is 1. The molecule has 2 N–H and O–H groups in total. The van der Waals surface area contributed by atoms with Crippen molar-refractivity contribution in [1.29, 1.82) is 5.41 Å². The molecule has 1 aliphatic heterocycles. The first-order valence-corrected chi connectivity index (χ1v) is 10.9. The van der Waals surface area contributed by atoms with Gasteiger partial charge in [0.25, 0.3) is 0 Å². The highest BCUT2D eigenvalue weighted by Crippen LogP contribution is 2.38.